The van der Waals surface area contributed by atoms with Gasteiger partial charge in [0.15, 0.2) is 0 Å². The van der Waals surface area contributed by atoms with Crippen molar-refractivity contribution in [3.8, 4) is 0 Å². The molecule has 2 unspecified atom stereocenters. The van der Waals surface area contributed by atoms with E-state index in [4.69, 9.17) is 0 Å². The van der Waals surface area contributed by atoms with Gasteiger partial charge in [-0.3, -0.25) is 19.3 Å². The molecular formula is C26H30N2O3. The number of rotatable bonds is 6. The lowest BCUT2D eigenvalue weighted by Gasteiger charge is -2.47. The molecule has 1 heterocycles. The number of nitrogens with zero attached hydrogens (tertiary/aromatic N) is 1. The van der Waals surface area contributed by atoms with E-state index in [1.807, 2.05) is 81.4 Å². The molecule has 4 rings (SSSR count). The van der Waals surface area contributed by atoms with E-state index < -0.39 is 5.41 Å². The zero-order valence-electron chi connectivity index (χ0n) is 18.4. The van der Waals surface area contributed by atoms with E-state index >= 15 is 0 Å². The van der Waals surface area contributed by atoms with Crippen LogP contribution in [0, 0.1) is 16.7 Å². The van der Waals surface area contributed by atoms with Crippen LogP contribution < -0.4 is 5.32 Å². The van der Waals surface area contributed by atoms with Gasteiger partial charge in [0, 0.05) is 18.9 Å². The minimum absolute atomic E-state index is 0.0941. The van der Waals surface area contributed by atoms with Crippen molar-refractivity contribution in [2.75, 3.05) is 6.54 Å². The van der Waals surface area contributed by atoms with Crippen molar-refractivity contribution >= 4 is 17.7 Å². The second kappa shape index (κ2) is 7.95. The van der Waals surface area contributed by atoms with Crippen molar-refractivity contribution in [1.29, 1.82) is 0 Å². The van der Waals surface area contributed by atoms with Crippen LogP contribution in [0.4, 0.5) is 0 Å². The van der Waals surface area contributed by atoms with Crippen molar-refractivity contribution in [2.45, 2.75) is 46.1 Å². The summed E-state index contributed by atoms with van der Waals surface area (Å²) >= 11 is 0. The number of carbonyl (C=O) groups excluding carboxylic acids is 3. The average Bonchev–Trinajstić information content (AvgIpc) is 2.96. The van der Waals surface area contributed by atoms with Gasteiger partial charge in [0.05, 0.1) is 11.5 Å². The first kappa shape index (κ1) is 21.3. The molecule has 1 N–H and O–H groups in total. The van der Waals surface area contributed by atoms with Crippen LogP contribution in [0.25, 0.3) is 0 Å². The Bertz CT molecular complexity index is 947. The highest BCUT2D eigenvalue weighted by Gasteiger charge is 2.64. The molecule has 2 aromatic rings. The molecule has 0 aromatic heterocycles. The molecular weight excluding hydrogens is 388 g/mol. The van der Waals surface area contributed by atoms with Gasteiger partial charge < -0.3 is 5.32 Å². The van der Waals surface area contributed by atoms with E-state index in [9.17, 15) is 14.4 Å². The van der Waals surface area contributed by atoms with Gasteiger partial charge >= 0.3 is 0 Å². The van der Waals surface area contributed by atoms with Crippen LogP contribution in [0.5, 0.6) is 0 Å². The summed E-state index contributed by atoms with van der Waals surface area (Å²) in [6.07, 6.45) is 1.56. The molecule has 1 saturated carbocycles. The first-order chi connectivity index (χ1) is 14.8. The van der Waals surface area contributed by atoms with Crippen LogP contribution >= 0.6 is 0 Å². The Hall–Kier alpha value is -2.95. The highest BCUT2D eigenvalue weighted by Crippen LogP contribution is 2.60. The predicted octanol–water partition coefficient (Wildman–Crippen LogP) is 4.09. The van der Waals surface area contributed by atoms with Crippen LogP contribution in [-0.2, 0) is 14.4 Å². The molecule has 162 valence electrons. The van der Waals surface area contributed by atoms with Crippen LogP contribution in [0.1, 0.15) is 57.2 Å². The van der Waals surface area contributed by atoms with Crippen molar-refractivity contribution in [3.63, 3.8) is 0 Å². The van der Waals surface area contributed by atoms with E-state index in [-0.39, 0.29) is 48.1 Å². The normalized spacial score (nSPS) is 24.5. The van der Waals surface area contributed by atoms with E-state index in [1.165, 1.54) is 4.90 Å². The third-order valence-corrected chi connectivity index (χ3v) is 7.64. The lowest BCUT2D eigenvalue weighted by Crippen LogP contribution is -2.59. The zero-order chi connectivity index (χ0) is 22.2. The van der Waals surface area contributed by atoms with E-state index in [2.05, 4.69) is 5.32 Å². The largest absolute Gasteiger partial charge is 0.345 e. The Morgan fingerprint density at radius 1 is 1.00 bits per heavy atom. The predicted molar refractivity (Wildman–Crippen MR) is 119 cm³/mol. The Morgan fingerprint density at radius 2 is 1.55 bits per heavy atom. The summed E-state index contributed by atoms with van der Waals surface area (Å²) in [5.41, 5.74) is 1.09. The molecule has 2 atom stereocenters. The number of nitrogens with one attached hydrogen (secondary N) is 1. The van der Waals surface area contributed by atoms with E-state index in [1.54, 1.807) is 0 Å². The Labute approximate surface area is 183 Å². The number of benzene rings is 2. The molecule has 3 amide bonds. The summed E-state index contributed by atoms with van der Waals surface area (Å²) in [5.74, 6) is -0.590. The Balaban J connectivity index is 1.47. The lowest BCUT2D eigenvalue weighted by atomic mass is 9.62. The van der Waals surface area contributed by atoms with Gasteiger partial charge in [-0.25, -0.2) is 0 Å². The Morgan fingerprint density at radius 3 is 2.10 bits per heavy atom. The summed E-state index contributed by atoms with van der Waals surface area (Å²) in [6.45, 7) is 6.14. The molecule has 1 saturated heterocycles. The number of hydrogen-bond donors (Lipinski definition) is 1. The first-order valence-electron chi connectivity index (χ1n) is 11.0. The Kier molecular flexibility index (Phi) is 5.46. The van der Waals surface area contributed by atoms with Gasteiger partial charge in [0.2, 0.25) is 17.7 Å². The number of carbonyl (C=O) groups is 3. The molecule has 31 heavy (non-hydrogen) atoms. The monoisotopic (exact) mass is 418 g/mol. The summed E-state index contributed by atoms with van der Waals surface area (Å²) in [7, 11) is 0. The number of likely N-dealkylation sites (tertiary alicyclic amines) is 1. The summed E-state index contributed by atoms with van der Waals surface area (Å²) < 4.78 is 0. The fourth-order valence-corrected chi connectivity index (χ4v) is 5.21. The molecule has 5 heteroatoms. The number of piperidine rings is 1. The molecule has 1 aliphatic heterocycles. The van der Waals surface area contributed by atoms with Gasteiger partial charge in [-0.2, -0.15) is 0 Å². The van der Waals surface area contributed by atoms with Crippen LogP contribution in [0.3, 0.4) is 0 Å². The molecule has 2 aromatic carbocycles. The van der Waals surface area contributed by atoms with Gasteiger partial charge in [-0.15, -0.1) is 0 Å². The highest BCUT2D eigenvalue weighted by molar-refractivity contribution is 6.04. The second-order valence-corrected chi connectivity index (χ2v) is 9.51. The molecule has 0 spiro atoms. The van der Waals surface area contributed by atoms with Crippen molar-refractivity contribution < 1.29 is 14.4 Å². The second-order valence-electron chi connectivity index (χ2n) is 9.51. The topological polar surface area (TPSA) is 66.5 Å². The maximum absolute atomic E-state index is 13.2. The van der Waals surface area contributed by atoms with E-state index in [0.717, 1.165) is 24.0 Å². The maximum Gasteiger partial charge on any atom is 0.235 e. The van der Waals surface area contributed by atoms with Crippen LogP contribution in [-0.4, -0.2) is 29.2 Å². The van der Waals surface area contributed by atoms with Crippen LogP contribution in [0.15, 0.2) is 60.7 Å². The summed E-state index contributed by atoms with van der Waals surface area (Å²) in [5, 5.41) is 3.09. The minimum atomic E-state index is -0.543. The first-order valence-corrected chi connectivity index (χ1v) is 11.0. The number of amides is 3. The third-order valence-electron chi connectivity index (χ3n) is 7.64. The quantitative estimate of drug-likeness (QED) is 0.719. The van der Waals surface area contributed by atoms with Crippen molar-refractivity contribution in [1.82, 2.24) is 10.2 Å². The number of hydrogen-bond acceptors (Lipinski definition) is 3. The molecule has 2 bridgehead atoms. The average molecular weight is 419 g/mol. The van der Waals surface area contributed by atoms with Gasteiger partial charge in [-0.05, 0) is 29.4 Å². The van der Waals surface area contributed by atoms with Gasteiger partial charge in [0.25, 0.3) is 0 Å². The lowest BCUT2D eigenvalue weighted by molar-refractivity contribution is -0.167. The van der Waals surface area contributed by atoms with Crippen molar-refractivity contribution in [3.05, 3.63) is 71.8 Å². The zero-order valence-corrected chi connectivity index (χ0v) is 18.4. The molecule has 2 fully saturated rings. The minimum Gasteiger partial charge on any atom is -0.345 e. The molecule has 1 aliphatic carbocycles. The number of fused-ring (bicyclic) bond motifs is 2. The fraction of sp³-hybridized carbons (Fsp3) is 0.423. The van der Waals surface area contributed by atoms with Crippen LogP contribution in [0.2, 0.25) is 0 Å². The number of imide groups is 1. The summed E-state index contributed by atoms with van der Waals surface area (Å²) in [4.78, 5) is 40.4. The van der Waals surface area contributed by atoms with Gasteiger partial charge in [-0.1, -0.05) is 81.4 Å². The summed E-state index contributed by atoms with van der Waals surface area (Å²) in [6, 6.07) is 19.3. The van der Waals surface area contributed by atoms with Crippen molar-refractivity contribution in [2.24, 2.45) is 16.7 Å². The SMILES string of the molecule is CC12CCC(C(=O)N(CCC(=O)NC(c3ccccc3)c3ccccc3)C1=O)C2(C)C. The van der Waals surface area contributed by atoms with Gasteiger partial charge in [0.1, 0.15) is 0 Å². The maximum atomic E-state index is 13.2. The molecule has 0 radical (unpaired) electrons. The molecule has 2 aliphatic rings. The highest BCUT2D eigenvalue weighted by atomic mass is 16.2. The van der Waals surface area contributed by atoms with E-state index in [0.29, 0.717) is 0 Å². The smallest absolute Gasteiger partial charge is 0.235 e. The standard InChI is InChI=1S/C26H30N2O3/c1-25(2)20-14-16-26(25,3)24(31)28(23(20)30)17-15-21(29)27-22(18-10-6-4-7-11-18)19-12-8-5-9-13-19/h4-13,20,22H,14-17H2,1-3H3,(H,27,29). The third kappa shape index (κ3) is 3.56. The molecule has 5 nitrogen and oxygen atoms in total. The fourth-order valence-electron chi connectivity index (χ4n) is 5.21.